The van der Waals surface area contributed by atoms with Gasteiger partial charge in [-0.3, -0.25) is 4.79 Å². The Kier molecular flexibility index (Phi) is 4.96. The van der Waals surface area contributed by atoms with Gasteiger partial charge in [0.1, 0.15) is 5.76 Å². The molecule has 7 nitrogen and oxygen atoms in total. The quantitative estimate of drug-likeness (QED) is 0.783. The van der Waals surface area contributed by atoms with E-state index in [9.17, 15) is 13.2 Å². The summed E-state index contributed by atoms with van der Waals surface area (Å²) in [6.45, 7) is 4.76. The molecule has 1 aromatic heterocycles. The predicted octanol–water partition coefficient (Wildman–Crippen LogP) is 1.03. The molecule has 24 heavy (non-hydrogen) atoms. The number of carbonyl (C=O) groups excluding carboxylic acids is 1. The summed E-state index contributed by atoms with van der Waals surface area (Å²) in [5, 5.41) is 3.89. The van der Waals surface area contributed by atoms with Gasteiger partial charge in [-0.2, -0.15) is 0 Å². The molecule has 0 unspecified atom stereocenters. The number of ether oxygens (including phenoxy) is 1. The average molecular weight is 356 g/mol. The van der Waals surface area contributed by atoms with Crippen molar-refractivity contribution in [3.63, 3.8) is 0 Å². The van der Waals surface area contributed by atoms with Crippen molar-refractivity contribution in [3.8, 4) is 0 Å². The first-order valence-corrected chi connectivity index (χ1v) is 10.2. The summed E-state index contributed by atoms with van der Waals surface area (Å²) in [4.78, 5) is 14.6. The number of aromatic nitrogens is 1. The number of sulfone groups is 1. The SMILES string of the molecule is Cc1noc(C)c1CC(=O)N(C[C@@H]1CCCO1)[C@@H]1CCS(=O)(=O)C1. The summed E-state index contributed by atoms with van der Waals surface area (Å²) in [6.07, 6.45) is 2.59. The summed E-state index contributed by atoms with van der Waals surface area (Å²) in [5.74, 6) is 0.754. The largest absolute Gasteiger partial charge is 0.376 e. The van der Waals surface area contributed by atoms with Crippen molar-refractivity contribution < 1.29 is 22.5 Å². The molecule has 2 aliphatic heterocycles. The van der Waals surface area contributed by atoms with Crippen LogP contribution >= 0.6 is 0 Å². The van der Waals surface area contributed by atoms with Gasteiger partial charge in [0.25, 0.3) is 0 Å². The Morgan fingerprint density at radius 1 is 1.33 bits per heavy atom. The summed E-state index contributed by atoms with van der Waals surface area (Å²) >= 11 is 0. The highest BCUT2D eigenvalue weighted by Crippen LogP contribution is 2.23. The number of hydrogen-bond acceptors (Lipinski definition) is 6. The van der Waals surface area contributed by atoms with Gasteiger partial charge in [-0.1, -0.05) is 5.16 Å². The molecule has 0 spiro atoms. The van der Waals surface area contributed by atoms with E-state index in [0.29, 0.717) is 31.0 Å². The molecule has 2 saturated heterocycles. The molecule has 3 rings (SSSR count). The van der Waals surface area contributed by atoms with Crippen LogP contribution in [0.1, 0.15) is 36.3 Å². The lowest BCUT2D eigenvalue weighted by Gasteiger charge is -2.30. The Labute approximate surface area is 142 Å². The van der Waals surface area contributed by atoms with Gasteiger partial charge in [0.15, 0.2) is 9.84 Å². The van der Waals surface area contributed by atoms with Crippen LogP contribution in [0.2, 0.25) is 0 Å². The van der Waals surface area contributed by atoms with Crippen molar-refractivity contribution >= 4 is 15.7 Å². The van der Waals surface area contributed by atoms with Crippen LogP contribution in [0, 0.1) is 13.8 Å². The van der Waals surface area contributed by atoms with Crippen LogP contribution in [0.15, 0.2) is 4.52 Å². The van der Waals surface area contributed by atoms with Gasteiger partial charge in [-0.05, 0) is 33.1 Å². The van der Waals surface area contributed by atoms with Crippen LogP contribution in [-0.4, -0.2) is 61.2 Å². The molecule has 1 amide bonds. The standard InChI is InChI=1S/C16H24N2O5S/c1-11-15(12(2)23-17-11)8-16(19)18(9-14-4-3-6-22-14)13-5-7-24(20,21)10-13/h13-14H,3-10H2,1-2H3/t13-,14+/m1/s1. The summed E-state index contributed by atoms with van der Waals surface area (Å²) in [5.41, 5.74) is 1.50. The van der Waals surface area contributed by atoms with Crippen molar-refractivity contribution in [1.82, 2.24) is 10.1 Å². The molecule has 8 heteroatoms. The van der Waals surface area contributed by atoms with Gasteiger partial charge >= 0.3 is 0 Å². The second-order valence-electron chi connectivity index (χ2n) is 6.72. The van der Waals surface area contributed by atoms with E-state index in [1.165, 1.54) is 0 Å². The summed E-state index contributed by atoms with van der Waals surface area (Å²) in [7, 11) is -3.05. The molecule has 1 aromatic rings. The van der Waals surface area contributed by atoms with E-state index in [2.05, 4.69) is 5.16 Å². The maximum Gasteiger partial charge on any atom is 0.227 e. The molecule has 0 aliphatic carbocycles. The van der Waals surface area contributed by atoms with Crippen molar-refractivity contribution in [3.05, 3.63) is 17.0 Å². The van der Waals surface area contributed by atoms with Crippen LogP contribution in [0.25, 0.3) is 0 Å². The lowest BCUT2D eigenvalue weighted by molar-refractivity contribution is -0.134. The Balaban J connectivity index is 1.76. The van der Waals surface area contributed by atoms with Crippen molar-refractivity contribution in [1.29, 1.82) is 0 Å². The molecule has 2 atom stereocenters. The van der Waals surface area contributed by atoms with Gasteiger partial charge in [0, 0.05) is 24.8 Å². The Morgan fingerprint density at radius 3 is 2.67 bits per heavy atom. The predicted molar refractivity (Wildman–Crippen MR) is 87.4 cm³/mol. The van der Waals surface area contributed by atoms with Crippen molar-refractivity contribution in [2.24, 2.45) is 0 Å². The van der Waals surface area contributed by atoms with Gasteiger partial charge < -0.3 is 14.2 Å². The smallest absolute Gasteiger partial charge is 0.227 e. The monoisotopic (exact) mass is 356 g/mol. The van der Waals surface area contributed by atoms with Gasteiger partial charge in [0.05, 0.1) is 29.7 Å². The lowest BCUT2D eigenvalue weighted by atomic mass is 10.1. The molecular formula is C16H24N2O5S. The Hall–Kier alpha value is -1.41. The topological polar surface area (TPSA) is 89.7 Å². The fourth-order valence-corrected chi connectivity index (χ4v) is 5.22. The third-order valence-corrected chi connectivity index (χ3v) is 6.65. The summed E-state index contributed by atoms with van der Waals surface area (Å²) < 4.78 is 34.5. The molecule has 2 fully saturated rings. The fraction of sp³-hybridized carbons (Fsp3) is 0.750. The zero-order valence-corrected chi connectivity index (χ0v) is 15.0. The molecular weight excluding hydrogens is 332 g/mol. The minimum Gasteiger partial charge on any atom is -0.376 e. The highest BCUT2D eigenvalue weighted by Gasteiger charge is 2.36. The first kappa shape index (κ1) is 17.4. The van der Waals surface area contributed by atoms with E-state index in [1.807, 2.05) is 6.92 Å². The number of nitrogens with zero attached hydrogens (tertiary/aromatic N) is 2. The second kappa shape index (κ2) is 6.84. The minimum absolute atomic E-state index is 0.00178. The van der Waals surface area contributed by atoms with Crippen LogP contribution < -0.4 is 0 Å². The molecule has 0 bridgehead atoms. The Morgan fingerprint density at radius 2 is 2.12 bits per heavy atom. The summed E-state index contributed by atoms with van der Waals surface area (Å²) in [6, 6.07) is -0.257. The first-order valence-electron chi connectivity index (χ1n) is 8.39. The Bertz CT molecular complexity index is 687. The van der Waals surface area contributed by atoms with Gasteiger partial charge in [-0.25, -0.2) is 8.42 Å². The second-order valence-corrected chi connectivity index (χ2v) is 8.95. The van der Waals surface area contributed by atoms with E-state index in [0.717, 1.165) is 18.4 Å². The molecule has 2 aliphatic rings. The van der Waals surface area contributed by atoms with Crippen LogP contribution in [-0.2, 0) is 25.8 Å². The third kappa shape index (κ3) is 3.80. The number of hydrogen-bond donors (Lipinski definition) is 0. The molecule has 3 heterocycles. The maximum atomic E-state index is 12.9. The lowest BCUT2D eigenvalue weighted by Crippen LogP contribution is -2.46. The van der Waals surface area contributed by atoms with Crippen molar-refractivity contribution in [2.45, 2.75) is 51.7 Å². The normalized spacial score (nSPS) is 25.9. The fourth-order valence-electron chi connectivity index (χ4n) is 3.49. The third-order valence-electron chi connectivity index (χ3n) is 4.90. The first-order chi connectivity index (χ1) is 11.4. The molecule has 134 valence electrons. The van der Waals surface area contributed by atoms with Crippen molar-refractivity contribution in [2.75, 3.05) is 24.7 Å². The van der Waals surface area contributed by atoms with Gasteiger partial charge in [0.2, 0.25) is 5.91 Å². The highest BCUT2D eigenvalue weighted by atomic mass is 32.2. The molecule has 0 radical (unpaired) electrons. The number of carbonyl (C=O) groups is 1. The zero-order valence-electron chi connectivity index (χ0n) is 14.2. The minimum atomic E-state index is -3.05. The molecule has 0 saturated carbocycles. The van der Waals surface area contributed by atoms with Crippen LogP contribution in [0.4, 0.5) is 0 Å². The van der Waals surface area contributed by atoms with E-state index in [4.69, 9.17) is 9.26 Å². The van der Waals surface area contributed by atoms with E-state index in [-0.39, 0.29) is 36.0 Å². The average Bonchev–Trinajstić information content (AvgIpc) is 3.22. The van der Waals surface area contributed by atoms with Crippen LogP contribution in [0.5, 0.6) is 0 Å². The van der Waals surface area contributed by atoms with E-state index >= 15 is 0 Å². The number of rotatable bonds is 5. The highest BCUT2D eigenvalue weighted by molar-refractivity contribution is 7.91. The maximum absolute atomic E-state index is 12.9. The molecule has 0 aromatic carbocycles. The van der Waals surface area contributed by atoms with E-state index < -0.39 is 9.84 Å². The number of aryl methyl sites for hydroxylation is 2. The van der Waals surface area contributed by atoms with E-state index in [1.54, 1.807) is 11.8 Å². The van der Waals surface area contributed by atoms with Gasteiger partial charge in [-0.15, -0.1) is 0 Å². The number of amides is 1. The zero-order chi connectivity index (χ0) is 17.3. The van der Waals surface area contributed by atoms with Crippen LogP contribution in [0.3, 0.4) is 0 Å². The molecule has 0 N–H and O–H groups in total.